The maximum atomic E-state index is 9.51. The largest absolute Gasteiger partial charge is 0.396 e. The van der Waals surface area contributed by atoms with Crippen LogP contribution in [0, 0.1) is 11.8 Å². The summed E-state index contributed by atoms with van der Waals surface area (Å²) in [7, 11) is 0. The van der Waals surface area contributed by atoms with Crippen molar-refractivity contribution in [2.75, 3.05) is 6.61 Å². The number of hydrogen-bond donors (Lipinski definition) is 3. The summed E-state index contributed by atoms with van der Waals surface area (Å²) in [4.78, 5) is 0. The average molecular weight is 188 g/mol. The minimum Gasteiger partial charge on any atom is -0.396 e. The lowest BCUT2D eigenvalue weighted by Gasteiger charge is -2.27. The van der Waals surface area contributed by atoms with Gasteiger partial charge < -0.3 is 15.3 Å². The van der Waals surface area contributed by atoms with Gasteiger partial charge >= 0.3 is 0 Å². The molecule has 3 nitrogen and oxygen atoms in total. The molecule has 0 aromatic carbocycles. The highest BCUT2D eigenvalue weighted by atomic mass is 16.5. The standard InChI is InChI=1S/C10H20O3/c1-4-5-10(12,13)9(3)6-8(2)7-11/h4-5,8-9,11-13H,6-7H2,1-3H3. The second-order valence-electron chi connectivity index (χ2n) is 3.71. The predicted molar refractivity (Wildman–Crippen MR) is 52.0 cm³/mol. The number of aliphatic hydroxyl groups is 3. The third-order valence-electron chi connectivity index (χ3n) is 2.20. The number of allylic oxidation sites excluding steroid dienone is 1. The Morgan fingerprint density at radius 2 is 1.85 bits per heavy atom. The number of aliphatic hydroxyl groups excluding tert-OH is 1. The van der Waals surface area contributed by atoms with Crippen LogP contribution >= 0.6 is 0 Å². The third kappa shape index (κ3) is 4.41. The van der Waals surface area contributed by atoms with Gasteiger partial charge in [-0.2, -0.15) is 0 Å². The van der Waals surface area contributed by atoms with E-state index in [9.17, 15) is 10.2 Å². The predicted octanol–water partition coefficient (Wildman–Crippen LogP) is 0.898. The van der Waals surface area contributed by atoms with Crippen molar-refractivity contribution in [1.29, 1.82) is 0 Å². The summed E-state index contributed by atoms with van der Waals surface area (Å²) in [5.74, 6) is -1.93. The van der Waals surface area contributed by atoms with Gasteiger partial charge in [-0.3, -0.25) is 0 Å². The fourth-order valence-electron chi connectivity index (χ4n) is 1.26. The summed E-state index contributed by atoms with van der Waals surface area (Å²) < 4.78 is 0. The first-order chi connectivity index (χ1) is 5.94. The Hall–Kier alpha value is -0.380. The first-order valence-corrected chi connectivity index (χ1v) is 4.63. The van der Waals surface area contributed by atoms with E-state index in [2.05, 4.69) is 0 Å². The fourth-order valence-corrected chi connectivity index (χ4v) is 1.26. The van der Waals surface area contributed by atoms with Crippen LogP contribution < -0.4 is 0 Å². The molecule has 0 saturated heterocycles. The molecule has 0 fully saturated rings. The van der Waals surface area contributed by atoms with Gasteiger partial charge in [-0.05, 0) is 25.3 Å². The van der Waals surface area contributed by atoms with Crippen molar-refractivity contribution < 1.29 is 15.3 Å². The van der Waals surface area contributed by atoms with Gasteiger partial charge in [-0.25, -0.2) is 0 Å². The monoisotopic (exact) mass is 188 g/mol. The molecule has 0 rings (SSSR count). The molecule has 13 heavy (non-hydrogen) atoms. The molecule has 0 aliphatic heterocycles. The van der Waals surface area contributed by atoms with Crippen LogP contribution in [0.4, 0.5) is 0 Å². The Kier molecular flexibility index (Phi) is 5.21. The van der Waals surface area contributed by atoms with Gasteiger partial charge in [0.15, 0.2) is 5.79 Å². The maximum absolute atomic E-state index is 9.51. The molecule has 2 unspecified atom stereocenters. The zero-order chi connectivity index (χ0) is 10.5. The van der Waals surface area contributed by atoms with Crippen LogP contribution in [0.3, 0.4) is 0 Å². The van der Waals surface area contributed by atoms with Crippen LogP contribution in [0.1, 0.15) is 27.2 Å². The van der Waals surface area contributed by atoms with E-state index in [1.165, 1.54) is 6.08 Å². The summed E-state index contributed by atoms with van der Waals surface area (Å²) in [6.07, 6.45) is 3.57. The molecule has 0 spiro atoms. The molecule has 2 atom stereocenters. The highest BCUT2D eigenvalue weighted by Crippen LogP contribution is 2.23. The van der Waals surface area contributed by atoms with Crippen molar-refractivity contribution in [3.8, 4) is 0 Å². The molecule has 0 aliphatic carbocycles. The van der Waals surface area contributed by atoms with Crippen LogP contribution in [-0.4, -0.2) is 27.7 Å². The second kappa shape index (κ2) is 5.37. The van der Waals surface area contributed by atoms with E-state index >= 15 is 0 Å². The van der Waals surface area contributed by atoms with E-state index in [0.717, 1.165) is 0 Å². The van der Waals surface area contributed by atoms with Crippen molar-refractivity contribution in [2.24, 2.45) is 11.8 Å². The topological polar surface area (TPSA) is 60.7 Å². The minimum atomic E-state index is -1.75. The molecule has 0 saturated carbocycles. The van der Waals surface area contributed by atoms with E-state index in [0.29, 0.717) is 6.42 Å². The zero-order valence-electron chi connectivity index (χ0n) is 8.57. The lowest BCUT2D eigenvalue weighted by Crippen LogP contribution is -2.35. The van der Waals surface area contributed by atoms with E-state index in [1.807, 2.05) is 6.92 Å². The lowest BCUT2D eigenvalue weighted by molar-refractivity contribution is -0.159. The normalized spacial score (nSPS) is 17.7. The van der Waals surface area contributed by atoms with E-state index in [4.69, 9.17) is 5.11 Å². The van der Waals surface area contributed by atoms with Crippen LogP contribution in [0.5, 0.6) is 0 Å². The average Bonchev–Trinajstić information content (AvgIpc) is 2.04. The van der Waals surface area contributed by atoms with E-state index in [-0.39, 0.29) is 18.4 Å². The molecule has 3 heteroatoms. The molecular weight excluding hydrogens is 168 g/mol. The molecule has 0 aromatic rings. The van der Waals surface area contributed by atoms with Crippen LogP contribution in [-0.2, 0) is 0 Å². The highest BCUT2D eigenvalue weighted by molar-refractivity contribution is 4.94. The third-order valence-corrected chi connectivity index (χ3v) is 2.20. The molecule has 78 valence electrons. The SMILES string of the molecule is CC=CC(O)(O)C(C)CC(C)CO. The molecular formula is C10H20O3. The fraction of sp³-hybridized carbons (Fsp3) is 0.800. The highest BCUT2D eigenvalue weighted by Gasteiger charge is 2.28. The Morgan fingerprint density at radius 3 is 2.23 bits per heavy atom. The van der Waals surface area contributed by atoms with Crippen LogP contribution in [0.2, 0.25) is 0 Å². The van der Waals surface area contributed by atoms with E-state index in [1.54, 1.807) is 19.9 Å². The molecule has 0 amide bonds. The summed E-state index contributed by atoms with van der Waals surface area (Å²) >= 11 is 0. The number of hydrogen-bond acceptors (Lipinski definition) is 3. The van der Waals surface area contributed by atoms with Gasteiger partial charge in [0, 0.05) is 12.5 Å². The van der Waals surface area contributed by atoms with Gasteiger partial charge in [-0.1, -0.05) is 19.9 Å². The Balaban J connectivity index is 4.15. The number of rotatable bonds is 5. The Labute approximate surface area is 79.7 Å². The molecule has 0 heterocycles. The smallest absolute Gasteiger partial charge is 0.185 e. The van der Waals surface area contributed by atoms with Crippen molar-refractivity contribution in [2.45, 2.75) is 33.0 Å². The summed E-state index contributed by atoms with van der Waals surface area (Å²) in [5.41, 5.74) is 0. The van der Waals surface area contributed by atoms with Gasteiger partial charge in [-0.15, -0.1) is 0 Å². The maximum Gasteiger partial charge on any atom is 0.185 e. The van der Waals surface area contributed by atoms with Crippen molar-refractivity contribution in [1.82, 2.24) is 0 Å². The van der Waals surface area contributed by atoms with Gasteiger partial charge in [0.05, 0.1) is 0 Å². The first kappa shape index (κ1) is 12.6. The molecule has 0 bridgehead atoms. The van der Waals surface area contributed by atoms with Gasteiger partial charge in [0.1, 0.15) is 0 Å². The van der Waals surface area contributed by atoms with Gasteiger partial charge in [0.2, 0.25) is 0 Å². The minimum absolute atomic E-state index is 0.0796. The van der Waals surface area contributed by atoms with Crippen LogP contribution in [0.15, 0.2) is 12.2 Å². The quantitative estimate of drug-likeness (QED) is 0.444. The molecule has 3 N–H and O–H groups in total. The Bertz CT molecular complexity index is 164. The second-order valence-corrected chi connectivity index (χ2v) is 3.71. The molecule has 0 radical (unpaired) electrons. The lowest BCUT2D eigenvalue weighted by atomic mass is 9.90. The van der Waals surface area contributed by atoms with E-state index < -0.39 is 5.79 Å². The summed E-state index contributed by atoms with van der Waals surface area (Å²) in [6, 6.07) is 0. The van der Waals surface area contributed by atoms with Crippen LogP contribution in [0.25, 0.3) is 0 Å². The van der Waals surface area contributed by atoms with Crippen molar-refractivity contribution in [3.63, 3.8) is 0 Å². The zero-order valence-corrected chi connectivity index (χ0v) is 8.57. The molecule has 0 aromatic heterocycles. The molecule has 0 aliphatic rings. The Morgan fingerprint density at radius 1 is 1.31 bits per heavy atom. The van der Waals surface area contributed by atoms with Crippen molar-refractivity contribution >= 4 is 0 Å². The first-order valence-electron chi connectivity index (χ1n) is 4.63. The summed E-state index contributed by atoms with van der Waals surface area (Å²) in [5, 5.41) is 27.8. The van der Waals surface area contributed by atoms with Crippen molar-refractivity contribution in [3.05, 3.63) is 12.2 Å². The summed E-state index contributed by atoms with van der Waals surface area (Å²) in [6.45, 7) is 5.45. The van der Waals surface area contributed by atoms with Gasteiger partial charge in [0.25, 0.3) is 0 Å².